The highest BCUT2D eigenvalue weighted by Gasteiger charge is 2.28. The van der Waals surface area contributed by atoms with Gasteiger partial charge in [0.1, 0.15) is 5.82 Å². The van der Waals surface area contributed by atoms with E-state index in [1.807, 2.05) is 21.6 Å². The van der Waals surface area contributed by atoms with E-state index in [2.05, 4.69) is 9.72 Å². The number of halogens is 1. The monoisotopic (exact) mass is 381 g/mol. The van der Waals surface area contributed by atoms with Crippen molar-refractivity contribution in [2.75, 3.05) is 4.90 Å². The van der Waals surface area contributed by atoms with Gasteiger partial charge in [0.15, 0.2) is 5.75 Å². The standard InChI is InChI=1S/C20H16FN3O4/c21-14-6-13-16(7-17(14)23-8-11-2-1-5-22-15(11)9-23)24(12-3-4-12)10-18(19(13)25)28-20(26)27/h1-2,5-7,10,12H,3-4,8-9H2,(H,26,27). The molecule has 1 aromatic carbocycles. The summed E-state index contributed by atoms with van der Waals surface area (Å²) in [6, 6.07) is 6.82. The first-order valence-corrected chi connectivity index (χ1v) is 8.98. The Hall–Kier alpha value is -3.42. The summed E-state index contributed by atoms with van der Waals surface area (Å²) in [4.78, 5) is 29.8. The number of anilines is 1. The Morgan fingerprint density at radius 2 is 2.11 bits per heavy atom. The zero-order valence-electron chi connectivity index (χ0n) is 14.8. The number of rotatable bonds is 3. The fraction of sp³-hybridized carbons (Fsp3) is 0.250. The molecule has 0 bridgehead atoms. The number of carboxylic acid groups (broad SMARTS) is 1. The number of hydrogen-bond donors (Lipinski definition) is 1. The SMILES string of the molecule is O=C(O)Oc1cn(C2CC2)c2cc(N3Cc4cccnc4C3)c(F)cc2c1=O. The lowest BCUT2D eigenvalue weighted by atomic mass is 10.1. The van der Waals surface area contributed by atoms with Crippen LogP contribution in [-0.4, -0.2) is 20.8 Å². The van der Waals surface area contributed by atoms with Crippen LogP contribution in [0.5, 0.6) is 5.75 Å². The van der Waals surface area contributed by atoms with Crippen molar-refractivity contribution >= 4 is 22.7 Å². The first-order chi connectivity index (χ1) is 13.5. The van der Waals surface area contributed by atoms with Gasteiger partial charge in [-0.05, 0) is 36.6 Å². The fourth-order valence-electron chi connectivity index (χ4n) is 3.77. The van der Waals surface area contributed by atoms with E-state index < -0.39 is 17.4 Å². The molecule has 0 spiro atoms. The summed E-state index contributed by atoms with van der Waals surface area (Å²) in [6.07, 6.45) is 3.39. The fourth-order valence-corrected chi connectivity index (χ4v) is 3.77. The van der Waals surface area contributed by atoms with Gasteiger partial charge in [0.05, 0.1) is 35.0 Å². The second-order valence-corrected chi connectivity index (χ2v) is 7.11. The summed E-state index contributed by atoms with van der Waals surface area (Å²) in [7, 11) is 0. The highest BCUT2D eigenvalue weighted by molar-refractivity contribution is 5.85. The molecule has 3 heterocycles. The minimum Gasteiger partial charge on any atom is -0.449 e. The predicted octanol–water partition coefficient (Wildman–Crippen LogP) is 3.45. The molecule has 1 fully saturated rings. The molecule has 1 N–H and O–H groups in total. The van der Waals surface area contributed by atoms with E-state index in [1.54, 1.807) is 12.3 Å². The Labute approximate surface area is 158 Å². The Morgan fingerprint density at radius 3 is 2.82 bits per heavy atom. The van der Waals surface area contributed by atoms with E-state index in [4.69, 9.17) is 5.11 Å². The van der Waals surface area contributed by atoms with Gasteiger partial charge in [-0.2, -0.15) is 0 Å². The maximum absolute atomic E-state index is 14.9. The molecule has 0 atom stereocenters. The second-order valence-electron chi connectivity index (χ2n) is 7.11. The molecule has 8 heteroatoms. The lowest BCUT2D eigenvalue weighted by Gasteiger charge is -2.20. The van der Waals surface area contributed by atoms with Gasteiger partial charge >= 0.3 is 6.16 Å². The Morgan fingerprint density at radius 1 is 1.29 bits per heavy atom. The predicted molar refractivity (Wildman–Crippen MR) is 99.2 cm³/mol. The van der Waals surface area contributed by atoms with Crippen molar-refractivity contribution in [2.24, 2.45) is 0 Å². The minimum absolute atomic E-state index is 0.113. The molecule has 1 aliphatic carbocycles. The minimum atomic E-state index is -1.57. The number of ether oxygens (including phenoxy) is 1. The van der Waals surface area contributed by atoms with Crippen LogP contribution >= 0.6 is 0 Å². The summed E-state index contributed by atoms with van der Waals surface area (Å²) in [5, 5.41) is 8.99. The van der Waals surface area contributed by atoms with Crippen molar-refractivity contribution < 1.29 is 19.0 Å². The van der Waals surface area contributed by atoms with Crippen LogP contribution in [-0.2, 0) is 13.1 Å². The molecule has 1 aliphatic heterocycles. The molecule has 28 heavy (non-hydrogen) atoms. The van der Waals surface area contributed by atoms with Crippen LogP contribution in [0.4, 0.5) is 14.9 Å². The number of aromatic nitrogens is 2. The number of fused-ring (bicyclic) bond motifs is 2. The summed E-state index contributed by atoms with van der Waals surface area (Å²) in [5.74, 6) is -0.843. The number of benzene rings is 1. The van der Waals surface area contributed by atoms with Gasteiger partial charge in [0.2, 0.25) is 5.43 Å². The zero-order chi connectivity index (χ0) is 19.4. The molecule has 1 saturated carbocycles. The van der Waals surface area contributed by atoms with Gasteiger partial charge in [-0.15, -0.1) is 0 Å². The quantitative estimate of drug-likeness (QED) is 0.700. The molecule has 7 nitrogen and oxygen atoms in total. The Kier molecular flexibility index (Phi) is 3.61. The number of nitrogens with zero attached hydrogens (tertiary/aromatic N) is 3. The van der Waals surface area contributed by atoms with E-state index in [0.717, 1.165) is 24.1 Å². The number of hydrogen-bond acceptors (Lipinski definition) is 5. The molecule has 2 aromatic heterocycles. The molecule has 0 radical (unpaired) electrons. The third-order valence-corrected chi connectivity index (χ3v) is 5.23. The van der Waals surface area contributed by atoms with Crippen LogP contribution in [0.2, 0.25) is 0 Å². The maximum atomic E-state index is 14.9. The summed E-state index contributed by atoms with van der Waals surface area (Å²) in [6.45, 7) is 1.03. The highest BCUT2D eigenvalue weighted by Crippen LogP contribution is 2.39. The zero-order valence-corrected chi connectivity index (χ0v) is 14.8. The summed E-state index contributed by atoms with van der Waals surface area (Å²) >= 11 is 0. The average Bonchev–Trinajstić information content (AvgIpc) is 3.41. The van der Waals surface area contributed by atoms with Crippen molar-refractivity contribution in [2.45, 2.75) is 32.0 Å². The van der Waals surface area contributed by atoms with E-state index in [1.165, 1.54) is 12.3 Å². The largest absolute Gasteiger partial charge is 0.511 e. The van der Waals surface area contributed by atoms with Crippen molar-refractivity contribution in [1.29, 1.82) is 0 Å². The lowest BCUT2D eigenvalue weighted by molar-refractivity contribution is 0.143. The molecular formula is C20H16FN3O4. The number of carbonyl (C=O) groups is 1. The molecule has 2 aliphatic rings. The van der Waals surface area contributed by atoms with Crippen molar-refractivity contribution in [3.05, 3.63) is 64.0 Å². The average molecular weight is 381 g/mol. The van der Waals surface area contributed by atoms with Crippen LogP contribution in [0.25, 0.3) is 10.9 Å². The van der Waals surface area contributed by atoms with Gasteiger partial charge in [0.25, 0.3) is 0 Å². The molecule has 0 unspecified atom stereocenters. The molecule has 142 valence electrons. The third kappa shape index (κ3) is 2.69. The normalized spacial score (nSPS) is 15.7. The maximum Gasteiger partial charge on any atom is 0.511 e. The molecule has 0 amide bonds. The van der Waals surface area contributed by atoms with Gasteiger partial charge in [-0.3, -0.25) is 9.78 Å². The molecule has 3 aromatic rings. The summed E-state index contributed by atoms with van der Waals surface area (Å²) < 4.78 is 21.4. The number of pyridine rings is 2. The van der Waals surface area contributed by atoms with Crippen LogP contribution in [0.3, 0.4) is 0 Å². The Bertz CT molecular complexity index is 1160. The smallest absolute Gasteiger partial charge is 0.449 e. The van der Waals surface area contributed by atoms with E-state index in [9.17, 15) is 14.0 Å². The first kappa shape index (κ1) is 16.7. The van der Waals surface area contributed by atoms with Crippen LogP contribution in [0, 0.1) is 5.82 Å². The topological polar surface area (TPSA) is 84.7 Å². The first-order valence-electron chi connectivity index (χ1n) is 8.98. The lowest BCUT2D eigenvalue weighted by Crippen LogP contribution is -2.19. The Balaban J connectivity index is 1.65. The van der Waals surface area contributed by atoms with Gasteiger partial charge in [-0.1, -0.05) is 6.07 Å². The van der Waals surface area contributed by atoms with Crippen molar-refractivity contribution in [1.82, 2.24) is 9.55 Å². The molecule has 0 saturated heterocycles. The second kappa shape index (κ2) is 6.05. The van der Waals surface area contributed by atoms with Gasteiger partial charge in [-0.25, -0.2) is 9.18 Å². The van der Waals surface area contributed by atoms with Crippen LogP contribution < -0.4 is 15.1 Å². The molecular weight excluding hydrogens is 365 g/mol. The van der Waals surface area contributed by atoms with E-state index in [-0.39, 0.29) is 17.2 Å². The van der Waals surface area contributed by atoms with E-state index >= 15 is 0 Å². The van der Waals surface area contributed by atoms with Gasteiger partial charge < -0.3 is 19.3 Å². The summed E-state index contributed by atoms with van der Waals surface area (Å²) in [5.41, 5.74) is 2.29. The van der Waals surface area contributed by atoms with E-state index in [0.29, 0.717) is 24.3 Å². The van der Waals surface area contributed by atoms with Crippen molar-refractivity contribution in [3.8, 4) is 5.75 Å². The van der Waals surface area contributed by atoms with Crippen molar-refractivity contribution in [3.63, 3.8) is 0 Å². The third-order valence-electron chi connectivity index (χ3n) is 5.23. The highest BCUT2D eigenvalue weighted by atomic mass is 19.1. The van der Waals surface area contributed by atoms with Crippen LogP contribution in [0.15, 0.2) is 41.5 Å². The van der Waals surface area contributed by atoms with Crippen LogP contribution in [0.1, 0.15) is 30.1 Å². The van der Waals surface area contributed by atoms with Gasteiger partial charge in [0, 0.05) is 18.8 Å². The molecule has 5 rings (SSSR count).